The normalized spacial score (nSPS) is 10.3. The molecule has 0 fully saturated rings. The maximum absolute atomic E-state index is 11.9. The summed E-state index contributed by atoms with van der Waals surface area (Å²) in [6.07, 6.45) is 0.781. The van der Waals surface area contributed by atoms with E-state index in [1.165, 1.54) is 12.7 Å². The maximum Gasteiger partial charge on any atom is 0.252 e. The van der Waals surface area contributed by atoms with Crippen LogP contribution in [0.5, 0.6) is 0 Å². The van der Waals surface area contributed by atoms with Crippen molar-refractivity contribution in [3.8, 4) is 0 Å². The van der Waals surface area contributed by atoms with Crippen molar-refractivity contribution in [2.75, 3.05) is 31.7 Å². The van der Waals surface area contributed by atoms with Crippen LogP contribution in [0.15, 0.2) is 24.3 Å². The maximum atomic E-state index is 11.9. The van der Waals surface area contributed by atoms with Gasteiger partial charge in [0, 0.05) is 19.3 Å². The summed E-state index contributed by atoms with van der Waals surface area (Å²) in [6, 6.07) is 7.87. The fraction of sp³-hybridized carbons (Fsp3) is 0.462. The van der Waals surface area contributed by atoms with Crippen LogP contribution in [0.25, 0.3) is 0 Å². The third-order valence-corrected chi connectivity index (χ3v) is 2.50. The second-order valence-corrected chi connectivity index (χ2v) is 3.96. The number of hydrogen-bond acceptors (Lipinski definition) is 3. The minimum Gasteiger partial charge on any atom is -0.375 e. The summed E-state index contributed by atoms with van der Waals surface area (Å²) in [5, 5.41) is 0. The van der Waals surface area contributed by atoms with Crippen LogP contribution in [-0.2, 0) is 9.53 Å². The summed E-state index contributed by atoms with van der Waals surface area (Å²) in [4.78, 5) is 13.6. The number of carbonyl (C=O) groups is 1. The molecular weight excluding hydrogens is 216 g/mol. The fourth-order valence-corrected chi connectivity index (χ4v) is 1.57. The molecule has 0 aliphatic heterocycles. The number of carbonyl (C=O) groups excluding carboxylic acids is 1. The molecule has 0 atom stereocenters. The zero-order valence-electron chi connectivity index (χ0n) is 10.5. The van der Waals surface area contributed by atoms with Crippen LogP contribution >= 0.6 is 0 Å². The highest BCUT2D eigenvalue weighted by Crippen LogP contribution is 2.15. The Hall–Kier alpha value is -1.39. The topological polar surface area (TPSA) is 55.6 Å². The highest BCUT2D eigenvalue weighted by Gasteiger charge is 2.14. The third kappa shape index (κ3) is 4.17. The van der Waals surface area contributed by atoms with Crippen molar-refractivity contribution in [1.29, 1.82) is 0 Å². The molecule has 1 aromatic rings. The van der Waals surface area contributed by atoms with Gasteiger partial charge in [-0.05, 0) is 32.0 Å². The Balaban J connectivity index is 2.81. The van der Waals surface area contributed by atoms with Crippen LogP contribution in [0.3, 0.4) is 0 Å². The molecule has 0 unspecified atom stereocenters. The van der Waals surface area contributed by atoms with E-state index in [4.69, 9.17) is 10.5 Å². The monoisotopic (exact) mass is 236 g/mol. The summed E-state index contributed by atoms with van der Waals surface area (Å²) in [6.45, 7) is 3.31. The van der Waals surface area contributed by atoms with Gasteiger partial charge in [-0.3, -0.25) is 4.79 Å². The van der Waals surface area contributed by atoms with Gasteiger partial charge in [-0.15, -0.1) is 0 Å². The number of aryl methyl sites for hydroxylation is 1. The molecule has 17 heavy (non-hydrogen) atoms. The highest BCUT2D eigenvalue weighted by atomic mass is 16.5. The Morgan fingerprint density at radius 2 is 2.00 bits per heavy atom. The molecule has 1 amide bonds. The third-order valence-electron chi connectivity index (χ3n) is 2.50. The summed E-state index contributed by atoms with van der Waals surface area (Å²) in [7, 11) is 1.52. The van der Waals surface area contributed by atoms with Crippen LogP contribution in [0, 0.1) is 6.92 Å². The van der Waals surface area contributed by atoms with Gasteiger partial charge >= 0.3 is 0 Å². The largest absolute Gasteiger partial charge is 0.375 e. The van der Waals surface area contributed by atoms with Crippen molar-refractivity contribution in [1.82, 2.24) is 0 Å². The molecular formula is C13H20N2O2. The number of anilines is 1. The summed E-state index contributed by atoms with van der Waals surface area (Å²) >= 11 is 0. The number of nitrogens with two attached hydrogens (primary N) is 1. The molecule has 0 aliphatic rings. The number of ether oxygens (including phenoxy) is 1. The predicted octanol–water partition coefficient (Wildman–Crippen LogP) is 1.32. The molecule has 0 aromatic heterocycles. The Labute approximate surface area is 102 Å². The first kappa shape index (κ1) is 13.7. The molecule has 4 nitrogen and oxygen atoms in total. The first-order valence-electron chi connectivity index (χ1n) is 5.75. The average Bonchev–Trinajstić information content (AvgIpc) is 2.32. The second-order valence-electron chi connectivity index (χ2n) is 3.96. The smallest absolute Gasteiger partial charge is 0.252 e. The van der Waals surface area contributed by atoms with Crippen molar-refractivity contribution in [3.63, 3.8) is 0 Å². The van der Waals surface area contributed by atoms with Gasteiger partial charge in [0.2, 0.25) is 0 Å². The number of amides is 1. The van der Waals surface area contributed by atoms with Crippen molar-refractivity contribution in [2.24, 2.45) is 5.73 Å². The molecule has 0 radical (unpaired) electrons. The lowest BCUT2D eigenvalue weighted by Crippen LogP contribution is -2.35. The molecule has 0 bridgehead atoms. The van der Waals surface area contributed by atoms with E-state index in [0.717, 1.165) is 12.1 Å². The van der Waals surface area contributed by atoms with Gasteiger partial charge in [-0.1, -0.05) is 17.7 Å². The van der Waals surface area contributed by atoms with Crippen molar-refractivity contribution >= 4 is 11.6 Å². The lowest BCUT2D eigenvalue weighted by atomic mass is 10.2. The fourth-order valence-electron chi connectivity index (χ4n) is 1.57. The van der Waals surface area contributed by atoms with Gasteiger partial charge in [-0.25, -0.2) is 0 Å². The quantitative estimate of drug-likeness (QED) is 0.810. The van der Waals surface area contributed by atoms with Crippen LogP contribution < -0.4 is 10.6 Å². The van der Waals surface area contributed by atoms with E-state index in [0.29, 0.717) is 13.1 Å². The van der Waals surface area contributed by atoms with Crippen molar-refractivity contribution in [2.45, 2.75) is 13.3 Å². The molecule has 2 N–H and O–H groups in total. The molecule has 1 aromatic carbocycles. The molecule has 4 heteroatoms. The molecule has 0 saturated heterocycles. The molecule has 0 heterocycles. The number of nitrogens with zero attached hydrogens (tertiary/aromatic N) is 1. The molecule has 0 aliphatic carbocycles. The second kappa shape index (κ2) is 7.04. The van der Waals surface area contributed by atoms with Crippen LogP contribution in [0.4, 0.5) is 5.69 Å². The van der Waals surface area contributed by atoms with E-state index in [1.54, 1.807) is 4.90 Å². The Kier molecular flexibility index (Phi) is 5.66. The lowest BCUT2D eigenvalue weighted by molar-refractivity contribution is -0.122. The van der Waals surface area contributed by atoms with E-state index >= 15 is 0 Å². The number of rotatable bonds is 6. The van der Waals surface area contributed by atoms with Gasteiger partial charge in [0.15, 0.2) is 0 Å². The minimum atomic E-state index is -0.0372. The van der Waals surface area contributed by atoms with E-state index in [9.17, 15) is 4.79 Å². The van der Waals surface area contributed by atoms with Gasteiger partial charge in [0.25, 0.3) is 5.91 Å². The first-order valence-corrected chi connectivity index (χ1v) is 5.75. The van der Waals surface area contributed by atoms with Crippen LogP contribution in [0.1, 0.15) is 12.0 Å². The van der Waals surface area contributed by atoms with Crippen molar-refractivity contribution in [3.05, 3.63) is 29.8 Å². The highest BCUT2D eigenvalue weighted by molar-refractivity contribution is 5.94. The molecule has 0 spiro atoms. The van der Waals surface area contributed by atoms with E-state index in [2.05, 4.69) is 0 Å². The Bertz CT molecular complexity index is 349. The summed E-state index contributed by atoms with van der Waals surface area (Å²) in [5.41, 5.74) is 7.55. The van der Waals surface area contributed by atoms with Gasteiger partial charge in [0.1, 0.15) is 6.61 Å². The molecule has 1 rings (SSSR count). The van der Waals surface area contributed by atoms with E-state index in [-0.39, 0.29) is 12.5 Å². The van der Waals surface area contributed by atoms with Gasteiger partial charge < -0.3 is 15.4 Å². The molecule has 94 valence electrons. The van der Waals surface area contributed by atoms with E-state index in [1.807, 2.05) is 31.2 Å². The number of hydrogen-bond donors (Lipinski definition) is 1. The lowest BCUT2D eigenvalue weighted by Gasteiger charge is -2.22. The van der Waals surface area contributed by atoms with Crippen LogP contribution in [0.2, 0.25) is 0 Å². The first-order chi connectivity index (χ1) is 8.19. The standard InChI is InChI=1S/C13H20N2O2/c1-11-4-6-12(7-5-11)15(9-3-8-14)13(16)10-17-2/h4-7H,3,8-10,14H2,1-2H3. The minimum absolute atomic E-state index is 0.0372. The van der Waals surface area contributed by atoms with Crippen LogP contribution in [-0.4, -0.2) is 32.7 Å². The predicted molar refractivity (Wildman–Crippen MR) is 69.1 cm³/mol. The number of methoxy groups -OCH3 is 1. The number of benzene rings is 1. The van der Waals surface area contributed by atoms with E-state index < -0.39 is 0 Å². The zero-order chi connectivity index (χ0) is 12.7. The van der Waals surface area contributed by atoms with Gasteiger partial charge in [0.05, 0.1) is 0 Å². The molecule has 0 saturated carbocycles. The SMILES string of the molecule is COCC(=O)N(CCCN)c1ccc(C)cc1. The van der Waals surface area contributed by atoms with Gasteiger partial charge in [-0.2, -0.15) is 0 Å². The zero-order valence-corrected chi connectivity index (χ0v) is 10.5. The summed E-state index contributed by atoms with van der Waals surface area (Å²) < 4.78 is 4.89. The Morgan fingerprint density at radius 1 is 1.35 bits per heavy atom. The average molecular weight is 236 g/mol. The van der Waals surface area contributed by atoms with Crippen molar-refractivity contribution < 1.29 is 9.53 Å². The summed E-state index contributed by atoms with van der Waals surface area (Å²) in [5.74, 6) is -0.0372. The Morgan fingerprint density at radius 3 is 2.53 bits per heavy atom.